The Balaban J connectivity index is 1.39. The van der Waals surface area contributed by atoms with Crippen LogP contribution in [0.4, 0.5) is 5.69 Å². The molecule has 1 aromatic heterocycles. The number of aromatic hydroxyl groups is 1. The third-order valence-corrected chi connectivity index (χ3v) is 7.13. The summed E-state index contributed by atoms with van der Waals surface area (Å²) in [5.41, 5.74) is 13.3. The third-order valence-electron chi connectivity index (χ3n) is 6.24. The number of hydrogen-bond acceptors (Lipinski definition) is 6. The zero-order valence-corrected chi connectivity index (χ0v) is 23.3. The largest absolute Gasteiger partial charge is 0.507 e. The standard InChI is InChI=1S/C30H37N3O3S/c1-29(2,3)23-16-19(17-24(27(23)34)30(4,5)6)25-18-22(36-33-25)13-14-35-21-11-9-20(10-12-21)32-28(31)26-8-7-15-37-26/h7-12,15-18,22,33-34H,13-14H2,1-6H3,(H2,31,32). The van der Waals surface area contributed by atoms with E-state index in [-0.39, 0.29) is 16.9 Å². The van der Waals surface area contributed by atoms with E-state index in [1.165, 1.54) is 0 Å². The summed E-state index contributed by atoms with van der Waals surface area (Å²) in [6.07, 6.45) is 2.66. The van der Waals surface area contributed by atoms with Gasteiger partial charge in [-0.15, -0.1) is 11.3 Å². The van der Waals surface area contributed by atoms with E-state index in [4.69, 9.17) is 15.3 Å². The van der Waals surface area contributed by atoms with E-state index in [1.807, 2.05) is 41.8 Å². The fraction of sp³-hybridized carbons (Fsp3) is 0.367. The Bertz CT molecular complexity index is 1250. The summed E-state index contributed by atoms with van der Waals surface area (Å²) in [6, 6.07) is 15.6. The lowest BCUT2D eigenvalue weighted by molar-refractivity contribution is 0.0389. The summed E-state index contributed by atoms with van der Waals surface area (Å²) in [6.45, 7) is 13.2. The Hall–Kier alpha value is -3.29. The number of nitrogens with zero attached hydrogens (tertiary/aromatic N) is 1. The third kappa shape index (κ3) is 6.53. The van der Waals surface area contributed by atoms with E-state index < -0.39 is 0 Å². The summed E-state index contributed by atoms with van der Waals surface area (Å²) in [4.78, 5) is 11.2. The Morgan fingerprint density at radius 3 is 2.27 bits per heavy atom. The van der Waals surface area contributed by atoms with Gasteiger partial charge in [-0.05, 0) is 64.8 Å². The monoisotopic (exact) mass is 519 g/mol. The number of benzene rings is 2. The number of rotatable bonds is 7. The van der Waals surface area contributed by atoms with Crippen LogP contribution in [0.3, 0.4) is 0 Å². The van der Waals surface area contributed by atoms with Crippen LogP contribution in [0.25, 0.3) is 5.70 Å². The molecule has 1 unspecified atom stereocenters. The van der Waals surface area contributed by atoms with Crippen molar-refractivity contribution >= 4 is 28.6 Å². The fourth-order valence-electron chi connectivity index (χ4n) is 4.15. The molecule has 0 radical (unpaired) electrons. The first-order valence-corrected chi connectivity index (χ1v) is 13.4. The molecular formula is C30H37N3O3S. The van der Waals surface area contributed by atoms with E-state index in [0.29, 0.717) is 24.6 Å². The predicted molar refractivity (Wildman–Crippen MR) is 153 cm³/mol. The first kappa shape index (κ1) is 26.8. The minimum absolute atomic E-state index is 0.116. The number of phenolic OH excluding ortho intramolecular Hbond substituents is 1. The summed E-state index contributed by atoms with van der Waals surface area (Å²) in [7, 11) is 0. The Labute approximate surface area is 223 Å². The smallest absolute Gasteiger partial charge is 0.141 e. The number of nitrogens with one attached hydrogen (secondary N) is 1. The van der Waals surface area contributed by atoms with Crippen molar-refractivity contribution < 1.29 is 14.7 Å². The van der Waals surface area contributed by atoms with Gasteiger partial charge >= 0.3 is 0 Å². The van der Waals surface area contributed by atoms with Crippen LogP contribution in [0.15, 0.2) is 65.0 Å². The van der Waals surface area contributed by atoms with Crippen molar-refractivity contribution in [1.82, 2.24) is 5.48 Å². The normalized spacial score (nSPS) is 16.4. The fourth-order valence-corrected chi connectivity index (χ4v) is 4.78. The van der Waals surface area contributed by atoms with Gasteiger partial charge in [-0.3, -0.25) is 10.3 Å². The van der Waals surface area contributed by atoms with Crippen molar-refractivity contribution in [2.24, 2.45) is 10.7 Å². The van der Waals surface area contributed by atoms with Gasteiger partial charge in [0, 0.05) is 23.1 Å². The average Bonchev–Trinajstić information content (AvgIpc) is 3.51. The molecule has 2 aromatic carbocycles. The second-order valence-electron chi connectivity index (χ2n) is 11.4. The molecule has 1 aliphatic heterocycles. The summed E-state index contributed by atoms with van der Waals surface area (Å²) in [5, 5.41) is 13.0. The molecule has 0 spiro atoms. The zero-order valence-electron chi connectivity index (χ0n) is 22.5. The van der Waals surface area contributed by atoms with Crippen LogP contribution in [0.5, 0.6) is 11.5 Å². The van der Waals surface area contributed by atoms with E-state index in [0.717, 1.165) is 38.7 Å². The second-order valence-corrected chi connectivity index (χ2v) is 12.3. The molecule has 4 N–H and O–H groups in total. The zero-order chi connectivity index (χ0) is 26.8. The van der Waals surface area contributed by atoms with Crippen molar-refractivity contribution in [2.75, 3.05) is 6.61 Å². The molecule has 1 aliphatic rings. The maximum atomic E-state index is 11.0. The number of ether oxygens (including phenoxy) is 1. The number of phenols is 1. The molecule has 196 valence electrons. The molecular weight excluding hydrogens is 482 g/mol. The molecule has 0 saturated carbocycles. The average molecular weight is 520 g/mol. The van der Waals surface area contributed by atoms with E-state index >= 15 is 0 Å². The molecule has 0 fully saturated rings. The van der Waals surface area contributed by atoms with Crippen molar-refractivity contribution in [3.8, 4) is 11.5 Å². The van der Waals surface area contributed by atoms with Crippen molar-refractivity contribution in [1.29, 1.82) is 0 Å². The van der Waals surface area contributed by atoms with E-state index in [1.54, 1.807) is 11.3 Å². The molecule has 1 atom stereocenters. The SMILES string of the molecule is CC(C)(C)c1cc(C2=CC(CCOc3ccc(N=C(N)c4cccs4)cc3)ON2)cc(C(C)(C)C)c1O. The van der Waals surface area contributed by atoms with Gasteiger partial charge in [-0.2, -0.15) is 0 Å². The first-order chi connectivity index (χ1) is 17.4. The number of hydroxylamine groups is 1. The molecule has 3 aromatic rings. The highest BCUT2D eigenvalue weighted by atomic mass is 32.1. The predicted octanol–water partition coefficient (Wildman–Crippen LogP) is 6.80. The van der Waals surface area contributed by atoms with Crippen molar-refractivity contribution in [3.63, 3.8) is 0 Å². The van der Waals surface area contributed by atoms with Gasteiger partial charge in [-0.25, -0.2) is 4.99 Å². The number of nitrogens with two attached hydrogens (primary N) is 1. The number of thiophene rings is 1. The lowest BCUT2D eigenvalue weighted by Gasteiger charge is -2.28. The molecule has 0 aliphatic carbocycles. The maximum absolute atomic E-state index is 11.0. The minimum atomic E-state index is -0.191. The minimum Gasteiger partial charge on any atom is -0.507 e. The van der Waals surface area contributed by atoms with Gasteiger partial charge in [0.1, 0.15) is 23.4 Å². The van der Waals surface area contributed by atoms with Gasteiger partial charge in [0.2, 0.25) is 0 Å². The molecule has 0 saturated heterocycles. The van der Waals surface area contributed by atoms with Crippen LogP contribution < -0.4 is 16.0 Å². The molecule has 0 bridgehead atoms. The Morgan fingerprint density at radius 2 is 1.70 bits per heavy atom. The number of aliphatic imine (C=N–C) groups is 1. The number of hydrogen-bond donors (Lipinski definition) is 3. The van der Waals surface area contributed by atoms with Gasteiger partial charge in [0.05, 0.1) is 22.9 Å². The molecule has 2 heterocycles. The highest BCUT2D eigenvalue weighted by Crippen LogP contribution is 2.41. The van der Waals surface area contributed by atoms with Gasteiger partial charge in [0.25, 0.3) is 0 Å². The number of amidine groups is 1. The van der Waals surface area contributed by atoms with Crippen molar-refractivity contribution in [3.05, 3.63) is 81.6 Å². The molecule has 0 amide bonds. The van der Waals surface area contributed by atoms with Crippen LogP contribution in [0, 0.1) is 0 Å². The Kier molecular flexibility index (Phi) is 7.67. The van der Waals surface area contributed by atoms with Crippen LogP contribution in [-0.4, -0.2) is 23.7 Å². The van der Waals surface area contributed by atoms with E-state index in [9.17, 15) is 5.11 Å². The lowest BCUT2D eigenvalue weighted by atomic mass is 9.78. The molecule has 4 rings (SSSR count). The van der Waals surface area contributed by atoms with Gasteiger partial charge in [-0.1, -0.05) is 47.6 Å². The Morgan fingerprint density at radius 1 is 1.05 bits per heavy atom. The maximum Gasteiger partial charge on any atom is 0.141 e. The molecule has 6 nitrogen and oxygen atoms in total. The first-order valence-electron chi connectivity index (χ1n) is 12.5. The van der Waals surface area contributed by atoms with Crippen LogP contribution in [0.1, 0.15) is 69.5 Å². The van der Waals surface area contributed by atoms with Crippen LogP contribution in [0.2, 0.25) is 0 Å². The van der Waals surface area contributed by atoms with Crippen LogP contribution >= 0.6 is 11.3 Å². The highest BCUT2D eigenvalue weighted by Gasteiger charge is 2.28. The summed E-state index contributed by atoms with van der Waals surface area (Å²) < 4.78 is 5.94. The molecule has 37 heavy (non-hydrogen) atoms. The highest BCUT2D eigenvalue weighted by molar-refractivity contribution is 7.12. The quantitative estimate of drug-likeness (QED) is 0.236. The van der Waals surface area contributed by atoms with Crippen LogP contribution in [-0.2, 0) is 15.7 Å². The topological polar surface area (TPSA) is 89.1 Å². The lowest BCUT2D eigenvalue weighted by Crippen LogP contribution is -2.19. The summed E-state index contributed by atoms with van der Waals surface area (Å²) in [5.74, 6) is 1.65. The summed E-state index contributed by atoms with van der Waals surface area (Å²) >= 11 is 1.57. The van der Waals surface area contributed by atoms with E-state index in [2.05, 4.69) is 70.2 Å². The van der Waals surface area contributed by atoms with Gasteiger partial charge in [0.15, 0.2) is 0 Å². The van der Waals surface area contributed by atoms with Gasteiger partial charge < -0.3 is 15.6 Å². The van der Waals surface area contributed by atoms with Crippen molar-refractivity contribution in [2.45, 2.75) is 64.9 Å². The second kappa shape index (κ2) is 10.6. The molecule has 7 heteroatoms.